The largest absolute Gasteiger partial charge is 0.321 e. The third-order valence-corrected chi connectivity index (χ3v) is 7.92. The molecule has 0 bridgehead atoms. The van der Waals surface area contributed by atoms with E-state index < -0.39 is 9.84 Å². The number of amides is 1. The van der Waals surface area contributed by atoms with Crippen LogP contribution < -0.4 is 5.32 Å². The Balaban J connectivity index is 1.52. The highest BCUT2D eigenvalue weighted by Gasteiger charge is 2.30. The van der Waals surface area contributed by atoms with Gasteiger partial charge in [-0.15, -0.1) is 11.3 Å². The summed E-state index contributed by atoms with van der Waals surface area (Å²) >= 11 is 1.55. The normalized spacial score (nSPS) is 15.1. The molecular formula is C19H19N3O3S2. The van der Waals surface area contributed by atoms with Gasteiger partial charge in [0, 0.05) is 5.69 Å². The lowest BCUT2D eigenvalue weighted by molar-refractivity contribution is 0.102. The van der Waals surface area contributed by atoms with E-state index in [2.05, 4.69) is 15.5 Å². The number of sulfone groups is 1. The molecule has 8 heteroatoms. The molecule has 0 saturated heterocycles. The topological polar surface area (TPSA) is 91.9 Å². The Morgan fingerprint density at radius 1 is 1.15 bits per heavy atom. The number of nitrogens with one attached hydrogen (secondary N) is 2. The van der Waals surface area contributed by atoms with E-state index >= 15 is 0 Å². The van der Waals surface area contributed by atoms with E-state index in [-0.39, 0.29) is 21.7 Å². The number of aromatic amines is 1. The summed E-state index contributed by atoms with van der Waals surface area (Å²) in [5, 5.41) is 11.3. The Morgan fingerprint density at radius 2 is 1.96 bits per heavy atom. The minimum atomic E-state index is -3.36. The molecule has 1 aliphatic carbocycles. The van der Waals surface area contributed by atoms with Crippen LogP contribution in [0, 0.1) is 0 Å². The number of H-pyrrole nitrogens is 1. The molecule has 0 radical (unpaired) electrons. The van der Waals surface area contributed by atoms with Crippen LogP contribution in [0.2, 0.25) is 0 Å². The standard InChI is InChI=1S/C19H19N3O3S2/c23-19(17-12-16(21-22-17)18-9-4-10-26-18)20-13-5-3-8-15(11-13)27(24,25)14-6-1-2-7-14/h3-5,8-12,14H,1-2,6-7H2,(H,20,23)(H,21,22). The Bertz CT molecular complexity index is 1050. The van der Waals surface area contributed by atoms with E-state index in [0.29, 0.717) is 18.5 Å². The van der Waals surface area contributed by atoms with Crippen LogP contribution in [0.4, 0.5) is 5.69 Å². The zero-order chi connectivity index (χ0) is 18.9. The Hall–Kier alpha value is -2.45. The molecule has 3 aromatic rings. The first-order valence-electron chi connectivity index (χ1n) is 8.78. The number of thiophene rings is 1. The average Bonchev–Trinajstić information content (AvgIpc) is 3.44. The van der Waals surface area contributed by atoms with Crippen LogP contribution in [0.3, 0.4) is 0 Å². The van der Waals surface area contributed by atoms with Gasteiger partial charge in [-0.05, 0) is 48.6 Å². The van der Waals surface area contributed by atoms with Gasteiger partial charge >= 0.3 is 0 Å². The number of hydrogen-bond acceptors (Lipinski definition) is 5. The third-order valence-electron chi connectivity index (χ3n) is 4.76. The SMILES string of the molecule is O=C(Nc1cccc(S(=O)(=O)C2CCCC2)c1)c1cc(-c2cccs2)[nH]n1. The van der Waals surface area contributed by atoms with Crippen LogP contribution in [0.1, 0.15) is 36.2 Å². The van der Waals surface area contributed by atoms with E-state index in [4.69, 9.17) is 0 Å². The van der Waals surface area contributed by atoms with Crippen LogP contribution in [0.15, 0.2) is 52.7 Å². The molecule has 2 N–H and O–H groups in total. The summed E-state index contributed by atoms with van der Waals surface area (Å²) in [6.45, 7) is 0. The maximum atomic E-state index is 12.7. The molecule has 1 fully saturated rings. The van der Waals surface area contributed by atoms with Crippen LogP contribution in [-0.2, 0) is 9.84 Å². The van der Waals surface area contributed by atoms with Gasteiger partial charge < -0.3 is 5.32 Å². The van der Waals surface area contributed by atoms with Crippen molar-refractivity contribution in [1.29, 1.82) is 0 Å². The van der Waals surface area contributed by atoms with Crippen LogP contribution in [-0.4, -0.2) is 29.8 Å². The van der Waals surface area contributed by atoms with E-state index in [9.17, 15) is 13.2 Å². The average molecular weight is 402 g/mol. The minimum absolute atomic E-state index is 0.252. The molecule has 6 nitrogen and oxygen atoms in total. The molecular weight excluding hydrogens is 382 g/mol. The zero-order valence-corrected chi connectivity index (χ0v) is 16.1. The summed E-state index contributed by atoms with van der Waals surface area (Å²) in [5.74, 6) is -0.385. The summed E-state index contributed by atoms with van der Waals surface area (Å²) < 4.78 is 25.5. The molecule has 1 saturated carbocycles. The van der Waals surface area contributed by atoms with Gasteiger partial charge in [0.15, 0.2) is 15.5 Å². The number of hydrogen-bond donors (Lipinski definition) is 2. The molecule has 1 aliphatic rings. The summed E-state index contributed by atoms with van der Waals surface area (Å²) in [5.41, 5.74) is 1.47. The number of nitrogens with zero attached hydrogens (tertiary/aromatic N) is 1. The van der Waals surface area contributed by atoms with Gasteiger partial charge in [-0.1, -0.05) is 25.0 Å². The van der Waals surface area contributed by atoms with E-state index in [1.165, 1.54) is 6.07 Å². The Morgan fingerprint density at radius 3 is 2.70 bits per heavy atom. The van der Waals surface area contributed by atoms with E-state index in [0.717, 1.165) is 23.4 Å². The number of benzene rings is 1. The highest BCUT2D eigenvalue weighted by molar-refractivity contribution is 7.92. The van der Waals surface area contributed by atoms with Gasteiger partial charge in [0.05, 0.1) is 20.7 Å². The number of carbonyl (C=O) groups excluding carboxylic acids is 1. The van der Waals surface area contributed by atoms with Crippen molar-refractivity contribution in [2.24, 2.45) is 0 Å². The Kier molecular flexibility index (Phi) is 4.84. The molecule has 0 spiro atoms. The predicted molar refractivity (Wildman–Crippen MR) is 106 cm³/mol. The second kappa shape index (κ2) is 7.28. The fourth-order valence-corrected chi connectivity index (χ4v) is 5.92. The highest BCUT2D eigenvalue weighted by Crippen LogP contribution is 2.30. The molecule has 0 atom stereocenters. The van der Waals surface area contributed by atoms with Crippen molar-refractivity contribution in [3.8, 4) is 10.6 Å². The number of rotatable bonds is 5. The van der Waals surface area contributed by atoms with Crippen molar-refractivity contribution < 1.29 is 13.2 Å². The second-order valence-electron chi connectivity index (χ2n) is 6.58. The first kappa shape index (κ1) is 17.9. The van der Waals surface area contributed by atoms with Crippen molar-refractivity contribution in [3.63, 3.8) is 0 Å². The van der Waals surface area contributed by atoms with Gasteiger partial charge in [0.1, 0.15) is 0 Å². The van der Waals surface area contributed by atoms with Crippen molar-refractivity contribution in [1.82, 2.24) is 10.2 Å². The third kappa shape index (κ3) is 3.68. The fourth-order valence-electron chi connectivity index (χ4n) is 3.33. The quantitative estimate of drug-likeness (QED) is 0.673. The van der Waals surface area contributed by atoms with Crippen LogP contribution in [0.25, 0.3) is 10.6 Å². The monoisotopic (exact) mass is 401 g/mol. The maximum Gasteiger partial charge on any atom is 0.276 e. The summed E-state index contributed by atoms with van der Waals surface area (Å²) in [7, 11) is -3.36. The first-order chi connectivity index (χ1) is 13.0. The zero-order valence-electron chi connectivity index (χ0n) is 14.5. The van der Waals surface area contributed by atoms with Crippen LogP contribution >= 0.6 is 11.3 Å². The summed E-state index contributed by atoms with van der Waals surface area (Å²) in [6, 6.07) is 12.0. The van der Waals surface area contributed by atoms with Crippen molar-refractivity contribution in [2.45, 2.75) is 35.8 Å². The lowest BCUT2D eigenvalue weighted by atomic mass is 10.3. The van der Waals surface area contributed by atoms with Gasteiger partial charge in [-0.25, -0.2) is 8.42 Å². The van der Waals surface area contributed by atoms with Gasteiger partial charge in [0.25, 0.3) is 5.91 Å². The summed E-state index contributed by atoms with van der Waals surface area (Å²) in [6.07, 6.45) is 3.31. The lowest BCUT2D eigenvalue weighted by Crippen LogP contribution is -2.18. The van der Waals surface area contributed by atoms with Crippen molar-refractivity contribution in [3.05, 3.63) is 53.5 Å². The van der Waals surface area contributed by atoms with Gasteiger partial charge in [0.2, 0.25) is 0 Å². The number of carbonyl (C=O) groups is 1. The molecule has 4 rings (SSSR count). The van der Waals surface area contributed by atoms with Gasteiger partial charge in [-0.3, -0.25) is 9.89 Å². The molecule has 140 valence electrons. The Labute approximate surface area is 161 Å². The minimum Gasteiger partial charge on any atom is -0.321 e. The summed E-state index contributed by atoms with van der Waals surface area (Å²) in [4.78, 5) is 13.7. The van der Waals surface area contributed by atoms with Gasteiger partial charge in [-0.2, -0.15) is 5.10 Å². The van der Waals surface area contributed by atoms with E-state index in [1.54, 1.807) is 35.6 Å². The molecule has 0 unspecified atom stereocenters. The smallest absolute Gasteiger partial charge is 0.276 e. The number of anilines is 1. The first-order valence-corrected chi connectivity index (χ1v) is 11.2. The molecule has 2 aromatic heterocycles. The lowest BCUT2D eigenvalue weighted by Gasteiger charge is -2.12. The molecule has 1 amide bonds. The van der Waals surface area contributed by atoms with Crippen molar-refractivity contribution in [2.75, 3.05) is 5.32 Å². The fraction of sp³-hybridized carbons (Fsp3) is 0.263. The van der Waals surface area contributed by atoms with Crippen LogP contribution in [0.5, 0.6) is 0 Å². The number of aromatic nitrogens is 2. The predicted octanol–water partition coefficient (Wildman–Crippen LogP) is 4.11. The molecule has 27 heavy (non-hydrogen) atoms. The molecule has 0 aliphatic heterocycles. The maximum absolute atomic E-state index is 12.7. The van der Waals surface area contributed by atoms with Crippen molar-refractivity contribution >= 4 is 32.8 Å². The second-order valence-corrected chi connectivity index (χ2v) is 9.75. The van der Waals surface area contributed by atoms with E-state index in [1.807, 2.05) is 17.5 Å². The highest BCUT2D eigenvalue weighted by atomic mass is 32.2. The molecule has 1 aromatic carbocycles. The molecule has 2 heterocycles.